The summed E-state index contributed by atoms with van der Waals surface area (Å²) in [6, 6.07) is 17.4. The van der Waals surface area contributed by atoms with Crippen molar-refractivity contribution in [2.45, 2.75) is 25.5 Å². The zero-order valence-electron chi connectivity index (χ0n) is 18.8. The molecule has 0 radical (unpaired) electrons. The number of aromatic nitrogens is 1. The highest BCUT2D eigenvalue weighted by Crippen LogP contribution is 2.26. The molecule has 0 fully saturated rings. The molecule has 174 valence electrons. The van der Waals surface area contributed by atoms with Gasteiger partial charge in [0.15, 0.2) is 0 Å². The first-order valence-electron chi connectivity index (χ1n) is 11.2. The minimum Gasteiger partial charge on any atom is -0.488 e. The Morgan fingerprint density at radius 1 is 1.00 bits per heavy atom. The summed E-state index contributed by atoms with van der Waals surface area (Å²) in [4.78, 5) is 38.7. The van der Waals surface area contributed by atoms with E-state index in [0.717, 1.165) is 29.7 Å². The molecule has 3 aromatic rings. The van der Waals surface area contributed by atoms with Crippen LogP contribution in [0, 0.1) is 0 Å². The van der Waals surface area contributed by atoms with Crippen LogP contribution >= 0.6 is 0 Å². The average Bonchev–Trinajstić information content (AvgIpc) is 2.87. The first-order chi connectivity index (χ1) is 16.5. The van der Waals surface area contributed by atoms with Gasteiger partial charge in [-0.1, -0.05) is 54.6 Å². The summed E-state index contributed by atoms with van der Waals surface area (Å²) in [7, 11) is 0. The largest absolute Gasteiger partial charge is 0.488 e. The molecule has 2 aromatic carbocycles. The van der Waals surface area contributed by atoms with Gasteiger partial charge in [0.25, 0.3) is 11.8 Å². The molecular formula is C27H27N3O4. The van der Waals surface area contributed by atoms with E-state index in [1.165, 1.54) is 18.5 Å². The molecule has 2 amide bonds. The number of nitrogens with one attached hydrogen (secondary N) is 2. The second-order valence-electron chi connectivity index (χ2n) is 8.17. The quantitative estimate of drug-likeness (QED) is 0.509. The number of hydrogen-bond donors (Lipinski definition) is 2. The molecule has 0 bridgehead atoms. The molecule has 34 heavy (non-hydrogen) atoms. The van der Waals surface area contributed by atoms with Crippen molar-refractivity contribution in [3.63, 3.8) is 0 Å². The van der Waals surface area contributed by atoms with Crippen LogP contribution < -0.4 is 20.8 Å². The highest BCUT2D eigenvalue weighted by atomic mass is 16.5. The van der Waals surface area contributed by atoms with Crippen molar-refractivity contribution in [1.82, 2.24) is 15.2 Å². The number of ether oxygens (including phenoxy) is 1. The van der Waals surface area contributed by atoms with E-state index in [9.17, 15) is 14.4 Å². The maximum atomic E-state index is 13.0. The van der Waals surface area contributed by atoms with Gasteiger partial charge in [-0.2, -0.15) is 0 Å². The Bertz CT molecular complexity index is 1250. The smallest absolute Gasteiger partial charge is 0.257 e. The number of aryl methyl sites for hydroxylation is 1. The number of fused-ring (bicyclic) bond motifs is 1. The lowest BCUT2D eigenvalue weighted by molar-refractivity contribution is 0.0916. The van der Waals surface area contributed by atoms with Crippen LogP contribution in [0.15, 0.2) is 84.4 Å². The summed E-state index contributed by atoms with van der Waals surface area (Å²) in [5.74, 6) is -0.264. The first kappa shape index (κ1) is 23.0. The lowest BCUT2D eigenvalue weighted by Gasteiger charge is -2.26. The van der Waals surface area contributed by atoms with Crippen LogP contribution in [0.5, 0.6) is 5.75 Å². The van der Waals surface area contributed by atoms with Gasteiger partial charge in [-0.15, -0.1) is 6.58 Å². The average molecular weight is 458 g/mol. The van der Waals surface area contributed by atoms with E-state index in [0.29, 0.717) is 6.54 Å². The Kier molecular flexibility index (Phi) is 7.22. The van der Waals surface area contributed by atoms with Crippen LogP contribution in [0.3, 0.4) is 0 Å². The Hall–Kier alpha value is -4.13. The Balaban J connectivity index is 1.54. The molecule has 0 aliphatic carbocycles. The van der Waals surface area contributed by atoms with Crippen molar-refractivity contribution in [3.05, 3.63) is 112 Å². The number of benzene rings is 2. The Morgan fingerprint density at radius 3 is 2.41 bits per heavy atom. The van der Waals surface area contributed by atoms with Crippen LogP contribution in [-0.2, 0) is 13.0 Å². The number of pyridine rings is 1. The molecule has 7 nitrogen and oxygen atoms in total. The lowest BCUT2D eigenvalue weighted by Crippen LogP contribution is -2.40. The number of rotatable bonds is 8. The van der Waals surface area contributed by atoms with Gasteiger partial charge in [-0.25, -0.2) is 0 Å². The maximum Gasteiger partial charge on any atom is 0.257 e. The van der Waals surface area contributed by atoms with E-state index < -0.39 is 17.2 Å². The SMILES string of the molecule is C=CCNC(=O)c1cn(Cc2ccccc2)cc(C(=O)NC[C@H]2CCc3ccccc3O2)c1=O. The summed E-state index contributed by atoms with van der Waals surface area (Å²) in [5, 5.41) is 5.43. The molecule has 1 aliphatic rings. The highest BCUT2D eigenvalue weighted by molar-refractivity contribution is 5.99. The summed E-state index contributed by atoms with van der Waals surface area (Å²) < 4.78 is 7.67. The van der Waals surface area contributed by atoms with Gasteiger partial charge in [0, 0.05) is 25.5 Å². The van der Waals surface area contributed by atoms with Crippen molar-refractivity contribution in [2.75, 3.05) is 13.1 Å². The van der Waals surface area contributed by atoms with E-state index in [1.807, 2.05) is 54.6 Å². The van der Waals surface area contributed by atoms with Gasteiger partial charge in [-0.3, -0.25) is 14.4 Å². The van der Waals surface area contributed by atoms with E-state index >= 15 is 0 Å². The normalized spacial score (nSPS) is 14.4. The number of carbonyl (C=O) groups excluding carboxylic acids is 2. The second kappa shape index (κ2) is 10.7. The van der Waals surface area contributed by atoms with Crippen LogP contribution in [0.25, 0.3) is 0 Å². The molecule has 4 rings (SSSR count). The van der Waals surface area contributed by atoms with Gasteiger partial charge in [0.05, 0.1) is 6.54 Å². The molecule has 1 aliphatic heterocycles. The van der Waals surface area contributed by atoms with Crippen molar-refractivity contribution in [2.24, 2.45) is 0 Å². The van der Waals surface area contributed by atoms with Crippen LogP contribution in [0.2, 0.25) is 0 Å². The van der Waals surface area contributed by atoms with Gasteiger partial charge >= 0.3 is 0 Å². The number of carbonyl (C=O) groups is 2. The van der Waals surface area contributed by atoms with Gasteiger partial charge < -0.3 is 19.9 Å². The van der Waals surface area contributed by atoms with Crippen molar-refractivity contribution in [1.29, 1.82) is 0 Å². The molecule has 1 atom stereocenters. The number of amides is 2. The molecule has 0 unspecified atom stereocenters. The van der Waals surface area contributed by atoms with Crippen molar-refractivity contribution >= 4 is 11.8 Å². The third-order valence-corrected chi connectivity index (χ3v) is 5.68. The first-order valence-corrected chi connectivity index (χ1v) is 11.2. The predicted octanol–water partition coefficient (Wildman–Crippen LogP) is 2.94. The van der Waals surface area contributed by atoms with Gasteiger partial charge in [-0.05, 0) is 30.0 Å². The van der Waals surface area contributed by atoms with Crippen LogP contribution in [0.1, 0.15) is 38.3 Å². The minimum absolute atomic E-state index is 0.0848. The Labute approximate surface area is 198 Å². The third-order valence-electron chi connectivity index (χ3n) is 5.68. The number of hydrogen-bond acceptors (Lipinski definition) is 4. The Morgan fingerprint density at radius 2 is 1.68 bits per heavy atom. The van der Waals surface area contributed by atoms with Crippen LogP contribution in [0.4, 0.5) is 0 Å². The zero-order chi connectivity index (χ0) is 23.9. The van der Waals surface area contributed by atoms with E-state index in [2.05, 4.69) is 17.2 Å². The monoisotopic (exact) mass is 457 g/mol. The fourth-order valence-corrected chi connectivity index (χ4v) is 3.93. The summed E-state index contributed by atoms with van der Waals surface area (Å²) in [5.41, 5.74) is 1.33. The standard InChI is InChI=1S/C27H27N3O4/c1-2-14-28-26(32)22-17-30(16-19-8-4-3-5-9-19)18-23(25(22)31)27(33)29-15-21-13-12-20-10-6-7-11-24(20)34-21/h2-11,17-18,21H,1,12-16H2,(H,28,32)(H,29,33)/t21-/m1/s1. The molecule has 7 heteroatoms. The highest BCUT2D eigenvalue weighted by Gasteiger charge is 2.23. The topological polar surface area (TPSA) is 89.4 Å². The summed E-state index contributed by atoms with van der Waals surface area (Å²) in [6.07, 6.45) is 5.93. The minimum atomic E-state index is -0.613. The number of nitrogens with zero attached hydrogens (tertiary/aromatic N) is 1. The van der Waals surface area contributed by atoms with E-state index in [4.69, 9.17) is 4.74 Å². The van der Waals surface area contributed by atoms with Crippen molar-refractivity contribution < 1.29 is 14.3 Å². The molecule has 2 N–H and O–H groups in total. The lowest BCUT2D eigenvalue weighted by atomic mass is 10.0. The molecule has 1 aromatic heterocycles. The number of para-hydroxylation sites is 1. The van der Waals surface area contributed by atoms with E-state index in [1.54, 1.807) is 4.57 Å². The molecule has 0 spiro atoms. The predicted molar refractivity (Wildman–Crippen MR) is 130 cm³/mol. The molecule has 0 saturated heterocycles. The maximum absolute atomic E-state index is 13.0. The van der Waals surface area contributed by atoms with E-state index in [-0.39, 0.29) is 30.3 Å². The molecule has 2 heterocycles. The second-order valence-corrected chi connectivity index (χ2v) is 8.17. The summed E-state index contributed by atoms with van der Waals surface area (Å²) in [6.45, 7) is 4.46. The van der Waals surface area contributed by atoms with Gasteiger partial charge in [0.1, 0.15) is 23.0 Å². The van der Waals surface area contributed by atoms with Gasteiger partial charge in [0.2, 0.25) is 5.43 Å². The fraction of sp³-hybridized carbons (Fsp3) is 0.222. The fourth-order valence-electron chi connectivity index (χ4n) is 3.93. The summed E-state index contributed by atoms with van der Waals surface area (Å²) >= 11 is 0. The van der Waals surface area contributed by atoms with Crippen LogP contribution in [-0.4, -0.2) is 35.6 Å². The van der Waals surface area contributed by atoms with Crippen molar-refractivity contribution in [3.8, 4) is 5.75 Å². The molecular weight excluding hydrogens is 430 g/mol. The third kappa shape index (κ3) is 5.43. The zero-order valence-corrected chi connectivity index (χ0v) is 18.8. The molecule has 0 saturated carbocycles.